The number of allylic oxidation sites excluding steroid dienone is 2. The highest BCUT2D eigenvalue weighted by molar-refractivity contribution is 8.00. The van der Waals surface area contributed by atoms with Crippen LogP contribution in [0.25, 0.3) is 0 Å². The Morgan fingerprint density at radius 3 is 2.71 bits per heavy atom. The average molecular weight is 405 g/mol. The van der Waals surface area contributed by atoms with Gasteiger partial charge in [-0.1, -0.05) is 37.1 Å². The summed E-state index contributed by atoms with van der Waals surface area (Å²) in [5.74, 6) is -0.647. The maximum atomic E-state index is 13.8. The fourth-order valence-electron chi connectivity index (χ4n) is 2.11. The summed E-state index contributed by atoms with van der Waals surface area (Å²) >= 11 is 1.30. The van der Waals surface area contributed by atoms with Gasteiger partial charge < -0.3 is 10.0 Å². The van der Waals surface area contributed by atoms with Crippen LogP contribution in [-0.2, 0) is 11.3 Å². The van der Waals surface area contributed by atoms with E-state index in [4.69, 9.17) is 5.41 Å². The molecule has 0 aliphatic carbocycles. The van der Waals surface area contributed by atoms with E-state index in [-0.39, 0.29) is 35.4 Å². The van der Waals surface area contributed by atoms with Gasteiger partial charge >= 0.3 is 0 Å². The van der Waals surface area contributed by atoms with E-state index in [0.717, 1.165) is 18.4 Å². The molecule has 0 aliphatic heterocycles. The molecule has 3 N–H and O–H groups in total. The minimum Gasteiger partial charge on any atom is -0.378 e. The topological polar surface area (TPSA) is 90.8 Å². The second-order valence-electron chi connectivity index (χ2n) is 5.81. The number of carbonyl (C=O) groups is 1. The highest BCUT2D eigenvalue weighted by atomic mass is 32.2. The Kier molecular flexibility index (Phi) is 8.06. The summed E-state index contributed by atoms with van der Waals surface area (Å²) in [6, 6.07) is 6.19. The average Bonchev–Trinajstić information content (AvgIpc) is 2.67. The van der Waals surface area contributed by atoms with Crippen molar-refractivity contribution in [1.82, 2.24) is 15.3 Å². The number of benzene rings is 1. The molecule has 0 spiro atoms. The van der Waals surface area contributed by atoms with Gasteiger partial charge in [-0.2, -0.15) is 0 Å². The van der Waals surface area contributed by atoms with Crippen LogP contribution in [0.5, 0.6) is 0 Å². The number of nitrogens with zero attached hydrogens (tertiary/aromatic N) is 2. The predicted octanol–water partition coefficient (Wildman–Crippen LogP) is 3.86. The van der Waals surface area contributed by atoms with Crippen molar-refractivity contribution in [3.05, 3.63) is 65.3 Å². The van der Waals surface area contributed by atoms with Crippen molar-refractivity contribution in [2.75, 3.05) is 10.5 Å². The first kappa shape index (κ1) is 21.5. The van der Waals surface area contributed by atoms with Crippen molar-refractivity contribution in [3.63, 3.8) is 0 Å². The zero-order valence-corrected chi connectivity index (χ0v) is 16.4. The van der Waals surface area contributed by atoms with E-state index >= 15 is 0 Å². The van der Waals surface area contributed by atoms with Crippen LogP contribution in [0.2, 0.25) is 0 Å². The molecule has 148 valence electrons. The summed E-state index contributed by atoms with van der Waals surface area (Å²) in [4.78, 5) is 19.7. The quantitative estimate of drug-likeness (QED) is 0.241. The summed E-state index contributed by atoms with van der Waals surface area (Å²) in [6.07, 6.45) is 3.13. The van der Waals surface area contributed by atoms with E-state index in [1.54, 1.807) is 18.2 Å². The number of nitrogens with one attached hydrogen (secondary N) is 3. The molecule has 2 rings (SSSR count). The number of halogens is 2. The molecule has 0 radical (unpaired) electrons. The van der Waals surface area contributed by atoms with Crippen molar-refractivity contribution < 1.29 is 13.6 Å². The molecule has 0 fully saturated rings. The monoisotopic (exact) mass is 405 g/mol. The van der Waals surface area contributed by atoms with Crippen molar-refractivity contribution in [2.45, 2.75) is 26.8 Å². The highest BCUT2D eigenvalue weighted by Gasteiger charge is 2.12. The molecule has 1 heterocycles. The largest absolute Gasteiger partial charge is 0.378 e. The van der Waals surface area contributed by atoms with Gasteiger partial charge in [-0.3, -0.25) is 10.2 Å². The molecule has 0 saturated carbocycles. The van der Waals surface area contributed by atoms with Gasteiger partial charge in [-0.25, -0.2) is 18.7 Å². The minimum absolute atomic E-state index is 0.0229. The van der Waals surface area contributed by atoms with Crippen LogP contribution in [-0.4, -0.2) is 27.2 Å². The Morgan fingerprint density at radius 1 is 1.29 bits per heavy atom. The van der Waals surface area contributed by atoms with Gasteiger partial charge in [-0.05, 0) is 18.6 Å². The van der Waals surface area contributed by atoms with Gasteiger partial charge in [0.25, 0.3) is 0 Å². The summed E-state index contributed by atoms with van der Waals surface area (Å²) in [5.41, 5.74) is 0.324. The molecule has 0 saturated heterocycles. The lowest BCUT2D eigenvalue weighted by Gasteiger charge is -2.10. The Labute approximate surface area is 166 Å². The third kappa shape index (κ3) is 6.12. The van der Waals surface area contributed by atoms with Gasteiger partial charge in [0.05, 0.1) is 11.9 Å². The first-order valence-corrected chi connectivity index (χ1v) is 9.60. The highest BCUT2D eigenvalue weighted by Crippen LogP contribution is 2.15. The van der Waals surface area contributed by atoms with Gasteiger partial charge in [0.1, 0.15) is 11.5 Å². The molecule has 28 heavy (non-hydrogen) atoms. The fraction of sp³-hybridized carbons (Fsp3) is 0.263. The van der Waals surface area contributed by atoms with E-state index in [2.05, 4.69) is 20.0 Å². The first-order valence-electron chi connectivity index (χ1n) is 8.61. The van der Waals surface area contributed by atoms with Crippen LogP contribution in [0.4, 0.5) is 14.6 Å². The van der Waals surface area contributed by atoms with E-state index in [1.807, 2.05) is 6.92 Å². The summed E-state index contributed by atoms with van der Waals surface area (Å²) in [5, 5.41) is 11.0. The summed E-state index contributed by atoms with van der Waals surface area (Å²) in [7, 11) is 0. The van der Waals surface area contributed by atoms with Crippen molar-refractivity contribution in [1.29, 1.82) is 5.41 Å². The predicted molar refractivity (Wildman–Crippen MR) is 107 cm³/mol. The molecule has 0 bridgehead atoms. The minimum atomic E-state index is -0.631. The summed E-state index contributed by atoms with van der Waals surface area (Å²) in [6.45, 7) is 3.40. The number of aromatic nitrogens is 2. The lowest BCUT2D eigenvalue weighted by atomic mass is 10.2. The fourth-order valence-corrected chi connectivity index (χ4v) is 2.69. The molecule has 1 aromatic carbocycles. The van der Waals surface area contributed by atoms with Crippen LogP contribution < -0.4 is 10.0 Å². The molecule has 0 atom stereocenters. The molecule has 1 aromatic heterocycles. The standard InChI is InChI=1S/C19H21F2N5OS/c1-3-8-28-26-18-15(21)11-24-19(25-18)16(22)9-17(12(2)27)23-10-13-6-4-5-7-14(13)20/h4-7,9,11,22-23H,3,8,10H2,1-2H3,(H,24,25,26)/b17-9-,22-16?. The van der Waals surface area contributed by atoms with E-state index < -0.39 is 11.6 Å². The number of Topliss-reactive ketones (excluding diaryl/α,β-unsaturated/α-hetero) is 1. The van der Waals surface area contributed by atoms with Crippen LogP contribution in [0.3, 0.4) is 0 Å². The Morgan fingerprint density at radius 2 is 2.04 bits per heavy atom. The maximum Gasteiger partial charge on any atom is 0.184 e. The number of hydrogen-bond donors (Lipinski definition) is 3. The SMILES string of the molecule is CCCSNc1nc(C(=N)/C=C(\NCc2ccccc2F)C(C)=O)ncc1F. The van der Waals surface area contributed by atoms with Crippen LogP contribution in [0.15, 0.2) is 42.2 Å². The van der Waals surface area contributed by atoms with Crippen LogP contribution in [0.1, 0.15) is 31.7 Å². The number of carbonyl (C=O) groups excluding carboxylic acids is 1. The summed E-state index contributed by atoms with van der Waals surface area (Å²) < 4.78 is 30.3. The molecule has 9 heteroatoms. The third-order valence-corrected chi connectivity index (χ3v) is 4.51. The van der Waals surface area contributed by atoms with Crippen LogP contribution >= 0.6 is 11.9 Å². The molecule has 6 nitrogen and oxygen atoms in total. The van der Waals surface area contributed by atoms with Gasteiger partial charge in [0.15, 0.2) is 23.2 Å². The first-order chi connectivity index (χ1) is 13.4. The molecule has 0 aliphatic rings. The maximum absolute atomic E-state index is 13.8. The number of ketones is 1. The van der Waals surface area contributed by atoms with Crippen molar-refractivity contribution >= 4 is 29.3 Å². The molecular weight excluding hydrogens is 384 g/mol. The van der Waals surface area contributed by atoms with E-state index in [0.29, 0.717) is 5.56 Å². The smallest absolute Gasteiger partial charge is 0.184 e. The normalized spacial score (nSPS) is 11.2. The second-order valence-corrected chi connectivity index (χ2v) is 6.71. The van der Waals surface area contributed by atoms with E-state index in [1.165, 1.54) is 31.0 Å². The lowest BCUT2D eigenvalue weighted by Crippen LogP contribution is -2.21. The van der Waals surface area contributed by atoms with Crippen molar-refractivity contribution in [2.24, 2.45) is 0 Å². The van der Waals surface area contributed by atoms with Gasteiger partial charge in [0, 0.05) is 24.8 Å². The van der Waals surface area contributed by atoms with Gasteiger partial charge in [0.2, 0.25) is 0 Å². The number of rotatable bonds is 10. The Hall–Kier alpha value is -2.81. The molecule has 2 aromatic rings. The van der Waals surface area contributed by atoms with E-state index in [9.17, 15) is 13.6 Å². The Balaban J connectivity index is 2.15. The number of anilines is 1. The molecule has 0 amide bonds. The second kappa shape index (κ2) is 10.5. The van der Waals surface area contributed by atoms with Crippen LogP contribution in [0, 0.1) is 17.0 Å². The number of hydrogen-bond acceptors (Lipinski definition) is 7. The lowest BCUT2D eigenvalue weighted by molar-refractivity contribution is -0.114. The molecular formula is C19H21F2N5OS. The Bertz CT molecular complexity index is 888. The zero-order chi connectivity index (χ0) is 20.5. The third-order valence-electron chi connectivity index (χ3n) is 3.56. The van der Waals surface area contributed by atoms with Crippen molar-refractivity contribution in [3.8, 4) is 0 Å². The zero-order valence-electron chi connectivity index (χ0n) is 15.6. The molecule has 0 unspecified atom stereocenters. The van der Waals surface area contributed by atoms with Gasteiger partial charge in [-0.15, -0.1) is 0 Å².